The summed E-state index contributed by atoms with van der Waals surface area (Å²) < 4.78 is 1.99. The van der Waals surface area contributed by atoms with E-state index in [1.807, 2.05) is 23.4 Å². The highest BCUT2D eigenvalue weighted by Crippen LogP contribution is 2.33. The van der Waals surface area contributed by atoms with Crippen molar-refractivity contribution in [3.8, 4) is 0 Å². The van der Waals surface area contributed by atoms with Gasteiger partial charge in [-0.05, 0) is 46.1 Å². The van der Waals surface area contributed by atoms with Crippen molar-refractivity contribution < 1.29 is 4.79 Å². The van der Waals surface area contributed by atoms with Crippen molar-refractivity contribution in [2.75, 3.05) is 6.54 Å². The van der Waals surface area contributed by atoms with Crippen LogP contribution in [0.4, 0.5) is 0 Å². The van der Waals surface area contributed by atoms with E-state index in [2.05, 4.69) is 28.5 Å². The molecule has 0 spiro atoms. The third-order valence-corrected chi connectivity index (χ3v) is 5.21. The molecule has 1 aliphatic heterocycles. The first-order valence-electron chi connectivity index (χ1n) is 8.27. The second-order valence-electron chi connectivity index (χ2n) is 6.29. The zero-order chi connectivity index (χ0) is 16.4. The van der Waals surface area contributed by atoms with E-state index < -0.39 is 0 Å². The first kappa shape index (κ1) is 16.2. The highest BCUT2D eigenvalue weighted by Gasteiger charge is 2.30. The minimum atomic E-state index is 0.182. The smallest absolute Gasteiger partial charge is 0.223 e. The number of rotatable bonds is 5. The lowest BCUT2D eigenvalue weighted by molar-refractivity contribution is -0.132. The summed E-state index contributed by atoms with van der Waals surface area (Å²) in [7, 11) is 0. The summed E-state index contributed by atoms with van der Waals surface area (Å²) in [6, 6.07) is 2.25. The van der Waals surface area contributed by atoms with Gasteiger partial charge in [0.25, 0.3) is 0 Å². The van der Waals surface area contributed by atoms with Gasteiger partial charge in [-0.25, -0.2) is 4.98 Å². The fourth-order valence-electron chi connectivity index (χ4n) is 3.33. The molecule has 0 aliphatic carbocycles. The van der Waals surface area contributed by atoms with Crippen LogP contribution in [0.1, 0.15) is 53.8 Å². The molecule has 0 aromatic carbocycles. The fraction of sp³-hybridized carbons (Fsp3) is 0.588. The molecule has 23 heavy (non-hydrogen) atoms. The lowest BCUT2D eigenvalue weighted by Crippen LogP contribution is -2.30. The standard InChI is InChI=1S/C17H24N4OS/c1-12-10-13(2)21(19-12)9-5-7-17(22)20-8-4-6-16(20)15-11-23-14(3)18-15/h10-11,16H,4-9H2,1-3H3/t16-/m1/s1. The summed E-state index contributed by atoms with van der Waals surface area (Å²) >= 11 is 1.66. The van der Waals surface area contributed by atoms with Gasteiger partial charge in [-0.2, -0.15) is 5.10 Å². The molecule has 5 nitrogen and oxygen atoms in total. The van der Waals surface area contributed by atoms with Crippen molar-refractivity contribution in [1.82, 2.24) is 19.7 Å². The largest absolute Gasteiger partial charge is 0.334 e. The number of thiazole rings is 1. The Morgan fingerprint density at radius 1 is 1.39 bits per heavy atom. The maximum atomic E-state index is 12.6. The Morgan fingerprint density at radius 3 is 2.87 bits per heavy atom. The number of carbonyl (C=O) groups excluding carboxylic acids is 1. The molecule has 2 aromatic heterocycles. The van der Waals surface area contributed by atoms with E-state index in [1.165, 1.54) is 0 Å². The summed E-state index contributed by atoms with van der Waals surface area (Å²) in [6.07, 6.45) is 3.52. The number of nitrogens with zero attached hydrogens (tertiary/aromatic N) is 4. The molecule has 0 bridgehead atoms. The van der Waals surface area contributed by atoms with Crippen LogP contribution in [0.5, 0.6) is 0 Å². The first-order chi connectivity index (χ1) is 11.0. The van der Waals surface area contributed by atoms with Crippen LogP contribution in [0.15, 0.2) is 11.4 Å². The van der Waals surface area contributed by atoms with Crippen molar-refractivity contribution in [3.05, 3.63) is 33.5 Å². The van der Waals surface area contributed by atoms with E-state index in [0.717, 1.165) is 54.4 Å². The van der Waals surface area contributed by atoms with Crippen LogP contribution < -0.4 is 0 Å². The van der Waals surface area contributed by atoms with E-state index in [1.54, 1.807) is 11.3 Å². The zero-order valence-electron chi connectivity index (χ0n) is 14.1. The van der Waals surface area contributed by atoms with Crippen molar-refractivity contribution in [3.63, 3.8) is 0 Å². The van der Waals surface area contributed by atoms with Gasteiger partial charge >= 0.3 is 0 Å². The third kappa shape index (κ3) is 3.63. The molecule has 2 aromatic rings. The lowest BCUT2D eigenvalue weighted by Gasteiger charge is -2.23. The van der Waals surface area contributed by atoms with Crippen LogP contribution in [0.2, 0.25) is 0 Å². The van der Waals surface area contributed by atoms with E-state index in [4.69, 9.17) is 0 Å². The molecule has 124 valence electrons. The molecule has 0 saturated carbocycles. The number of hydrogen-bond acceptors (Lipinski definition) is 4. The monoisotopic (exact) mass is 332 g/mol. The van der Waals surface area contributed by atoms with Crippen molar-refractivity contribution in [1.29, 1.82) is 0 Å². The average molecular weight is 332 g/mol. The predicted octanol–water partition coefficient (Wildman–Crippen LogP) is 3.41. The fourth-order valence-corrected chi connectivity index (χ4v) is 3.99. The van der Waals surface area contributed by atoms with Gasteiger partial charge < -0.3 is 4.90 Å². The Labute approximate surface area is 141 Å². The van der Waals surface area contributed by atoms with Gasteiger partial charge in [0.05, 0.1) is 22.4 Å². The second-order valence-corrected chi connectivity index (χ2v) is 7.35. The van der Waals surface area contributed by atoms with E-state index in [-0.39, 0.29) is 11.9 Å². The summed E-state index contributed by atoms with van der Waals surface area (Å²) in [5.74, 6) is 0.250. The van der Waals surface area contributed by atoms with E-state index >= 15 is 0 Å². The van der Waals surface area contributed by atoms with E-state index in [0.29, 0.717) is 6.42 Å². The van der Waals surface area contributed by atoms with Crippen LogP contribution >= 0.6 is 11.3 Å². The van der Waals surface area contributed by atoms with Crippen molar-refractivity contribution in [2.45, 2.75) is 59.0 Å². The summed E-state index contributed by atoms with van der Waals surface area (Å²) in [4.78, 5) is 19.2. The van der Waals surface area contributed by atoms with Gasteiger partial charge in [-0.3, -0.25) is 9.48 Å². The number of amides is 1. The molecule has 1 atom stereocenters. The quantitative estimate of drug-likeness (QED) is 0.843. The van der Waals surface area contributed by atoms with Gasteiger partial charge in [0.2, 0.25) is 5.91 Å². The molecule has 0 N–H and O–H groups in total. The zero-order valence-corrected chi connectivity index (χ0v) is 14.9. The van der Waals surface area contributed by atoms with Crippen molar-refractivity contribution >= 4 is 17.2 Å². The van der Waals surface area contributed by atoms with Crippen LogP contribution in [-0.4, -0.2) is 32.1 Å². The van der Waals surface area contributed by atoms with Gasteiger partial charge in [0, 0.05) is 30.6 Å². The van der Waals surface area contributed by atoms with E-state index in [9.17, 15) is 4.79 Å². The highest BCUT2D eigenvalue weighted by atomic mass is 32.1. The molecule has 1 amide bonds. The maximum absolute atomic E-state index is 12.6. The minimum Gasteiger partial charge on any atom is -0.334 e. The molecule has 1 fully saturated rings. The predicted molar refractivity (Wildman–Crippen MR) is 91.5 cm³/mol. The van der Waals surface area contributed by atoms with Crippen molar-refractivity contribution in [2.24, 2.45) is 0 Å². The topological polar surface area (TPSA) is 51.0 Å². The second kappa shape index (κ2) is 6.83. The Kier molecular flexibility index (Phi) is 4.80. The molecule has 0 unspecified atom stereocenters. The average Bonchev–Trinajstić information content (AvgIpc) is 3.19. The Balaban J connectivity index is 1.56. The lowest BCUT2D eigenvalue weighted by atomic mass is 10.1. The molecule has 0 radical (unpaired) electrons. The van der Waals surface area contributed by atoms with Crippen LogP contribution in [0.25, 0.3) is 0 Å². The molecule has 1 aliphatic rings. The molecule has 3 rings (SSSR count). The van der Waals surface area contributed by atoms with Crippen LogP contribution in [0, 0.1) is 20.8 Å². The molecule has 3 heterocycles. The van der Waals surface area contributed by atoms with Crippen LogP contribution in [0.3, 0.4) is 0 Å². The molecular formula is C17H24N4OS. The van der Waals surface area contributed by atoms with Gasteiger partial charge in [0.15, 0.2) is 0 Å². The first-order valence-corrected chi connectivity index (χ1v) is 9.15. The van der Waals surface area contributed by atoms with Gasteiger partial charge in [0.1, 0.15) is 0 Å². The number of likely N-dealkylation sites (tertiary alicyclic amines) is 1. The molecular weight excluding hydrogens is 308 g/mol. The molecule has 6 heteroatoms. The number of aryl methyl sites for hydroxylation is 4. The highest BCUT2D eigenvalue weighted by molar-refractivity contribution is 7.09. The number of hydrogen-bond donors (Lipinski definition) is 0. The SMILES string of the molecule is Cc1cc(C)n(CCCC(=O)N2CCC[C@@H]2c2csc(C)n2)n1. The van der Waals surface area contributed by atoms with Gasteiger partial charge in [-0.15, -0.1) is 11.3 Å². The number of carbonyl (C=O) groups is 1. The summed E-state index contributed by atoms with van der Waals surface area (Å²) in [5, 5.41) is 7.62. The normalized spacial score (nSPS) is 17.9. The Hall–Kier alpha value is -1.69. The summed E-state index contributed by atoms with van der Waals surface area (Å²) in [5.41, 5.74) is 3.26. The van der Waals surface area contributed by atoms with Gasteiger partial charge in [-0.1, -0.05) is 0 Å². The Morgan fingerprint density at radius 2 is 2.22 bits per heavy atom. The maximum Gasteiger partial charge on any atom is 0.223 e. The minimum absolute atomic E-state index is 0.182. The third-order valence-electron chi connectivity index (χ3n) is 4.42. The number of aromatic nitrogens is 3. The Bertz CT molecular complexity index is 691. The molecule has 1 saturated heterocycles. The van der Waals surface area contributed by atoms with Crippen LogP contribution in [-0.2, 0) is 11.3 Å². The summed E-state index contributed by atoms with van der Waals surface area (Å²) in [6.45, 7) is 7.74.